The first-order valence-electron chi connectivity index (χ1n) is 6.24. The Labute approximate surface area is 121 Å². The highest BCUT2D eigenvalue weighted by Gasteiger charge is 2.10. The average Bonchev–Trinajstić information content (AvgIpc) is 2.45. The molecular weight excluding hydrogens is 270 g/mol. The van der Waals surface area contributed by atoms with Crippen molar-refractivity contribution in [2.45, 2.75) is 6.92 Å². The number of phenolic OH excluding ortho intramolecular Hbond substituents is 1. The summed E-state index contributed by atoms with van der Waals surface area (Å²) in [4.78, 5) is 22.3. The summed E-state index contributed by atoms with van der Waals surface area (Å²) in [5, 5.41) is 20.2. The molecule has 0 aliphatic rings. The van der Waals surface area contributed by atoms with Crippen LogP contribution in [0.3, 0.4) is 0 Å². The molecule has 0 bridgehead atoms. The molecule has 2 rings (SSSR count). The number of allylic oxidation sites excluding steroid dienone is 1. The number of phenols is 1. The summed E-state index contributed by atoms with van der Waals surface area (Å²) in [6.45, 7) is 1.66. The summed E-state index contributed by atoms with van der Waals surface area (Å²) >= 11 is 0. The van der Waals surface area contributed by atoms with Crippen LogP contribution >= 0.6 is 0 Å². The van der Waals surface area contributed by atoms with E-state index in [1.165, 1.54) is 30.4 Å². The molecule has 0 radical (unpaired) electrons. The Hall–Kier alpha value is -2.95. The van der Waals surface area contributed by atoms with E-state index in [1.54, 1.807) is 31.2 Å². The lowest BCUT2D eigenvalue weighted by atomic mass is 10.1. The fourth-order valence-electron chi connectivity index (χ4n) is 1.85. The van der Waals surface area contributed by atoms with Gasteiger partial charge in [-0.25, -0.2) is 0 Å². The van der Waals surface area contributed by atoms with Crippen molar-refractivity contribution in [1.82, 2.24) is 0 Å². The predicted octanol–water partition coefficient (Wildman–Crippen LogP) is 3.50. The van der Waals surface area contributed by atoms with Gasteiger partial charge >= 0.3 is 0 Å². The zero-order valence-corrected chi connectivity index (χ0v) is 11.3. The minimum atomic E-state index is -0.455. The monoisotopic (exact) mass is 283 g/mol. The highest BCUT2D eigenvalue weighted by Crippen LogP contribution is 2.20. The van der Waals surface area contributed by atoms with Crippen molar-refractivity contribution < 1.29 is 14.8 Å². The number of carbonyl (C=O) groups is 1. The number of carbonyl (C=O) groups excluding carboxylic acids is 1. The van der Waals surface area contributed by atoms with Crippen molar-refractivity contribution in [1.29, 1.82) is 0 Å². The summed E-state index contributed by atoms with van der Waals surface area (Å²) in [7, 11) is 0. The third-order valence-corrected chi connectivity index (χ3v) is 2.99. The molecule has 0 aliphatic heterocycles. The highest BCUT2D eigenvalue weighted by molar-refractivity contribution is 6.07. The van der Waals surface area contributed by atoms with E-state index in [0.717, 1.165) is 0 Å². The first-order valence-corrected chi connectivity index (χ1v) is 6.24. The third-order valence-electron chi connectivity index (χ3n) is 2.99. The fourth-order valence-corrected chi connectivity index (χ4v) is 1.85. The Morgan fingerprint density at radius 3 is 2.67 bits per heavy atom. The number of nitro groups is 1. The molecule has 106 valence electrons. The lowest BCUT2D eigenvalue weighted by Gasteiger charge is -1.99. The van der Waals surface area contributed by atoms with Gasteiger partial charge in [0.25, 0.3) is 5.69 Å². The smallest absolute Gasteiger partial charge is 0.272 e. The molecule has 2 aromatic carbocycles. The van der Waals surface area contributed by atoms with Crippen LogP contribution < -0.4 is 0 Å². The number of aromatic hydroxyl groups is 1. The number of rotatable bonds is 4. The summed E-state index contributed by atoms with van der Waals surface area (Å²) in [5.74, 6) is -0.269. The Morgan fingerprint density at radius 1 is 1.24 bits per heavy atom. The quantitative estimate of drug-likeness (QED) is 0.403. The zero-order valence-electron chi connectivity index (χ0n) is 11.3. The summed E-state index contributed by atoms with van der Waals surface area (Å²) in [6.07, 6.45) is 2.84. The van der Waals surface area contributed by atoms with Gasteiger partial charge in [-0.1, -0.05) is 30.3 Å². The van der Waals surface area contributed by atoms with Crippen LogP contribution in [-0.2, 0) is 0 Å². The van der Waals surface area contributed by atoms with E-state index >= 15 is 0 Å². The molecule has 0 unspecified atom stereocenters. The second-order valence-electron chi connectivity index (χ2n) is 4.55. The number of hydrogen-bond acceptors (Lipinski definition) is 4. The van der Waals surface area contributed by atoms with Crippen LogP contribution in [0.2, 0.25) is 0 Å². The molecule has 0 heterocycles. The number of benzene rings is 2. The average molecular weight is 283 g/mol. The summed E-state index contributed by atoms with van der Waals surface area (Å²) in [5.41, 5.74) is 1.51. The van der Waals surface area contributed by atoms with Crippen LogP contribution in [0.4, 0.5) is 5.69 Å². The van der Waals surface area contributed by atoms with Gasteiger partial charge in [-0.3, -0.25) is 14.9 Å². The minimum Gasteiger partial charge on any atom is -0.508 e. The first kappa shape index (κ1) is 14.5. The van der Waals surface area contributed by atoms with Gasteiger partial charge in [-0.05, 0) is 30.7 Å². The van der Waals surface area contributed by atoms with Crippen molar-refractivity contribution in [3.63, 3.8) is 0 Å². The van der Waals surface area contributed by atoms with E-state index in [2.05, 4.69) is 0 Å². The van der Waals surface area contributed by atoms with Gasteiger partial charge in [0.05, 0.1) is 4.92 Å². The standard InChI is InChI=1S/C16H13NO4/c1-11-5-6-12(9-15(11)17(20)21)7-8-16(19)13-3-2-4-14(18)10-13/h2-10,18H,1H3/b8-7+. The van der Waals surface area contributed by atoms with Gasteiger partial charge in [0.15, 0.2) is 5.78 Å². The normalized spacial score (nSPS) is 10.7. The first-order chi connectivity index (χ1) is 9.97. The minimum absolute atomic E-state index is 0.0141. The molecule has 0 amide bonds. The Morgan fingerprint density at radius 2 is 2.00 bits per heavy atom. The number of nitro benzene ring substituents is 1. The van der Waals surface area contributed by atoms with Crippen molar-refractivity contribution in [3.05, 3.63) is 75.3 Å². The maximum atomic E-state index is 11.9. The van der Waals surface area contributed by atoms with Crippen LogP contribution in [0.1, 0.15) is 21.5 Å². The molecule has 1 N–H and O–H groups in total. The highest BCUT2D eigenvalue weighted by atomic mass is 16.6. The number of hydrogen-bond donors (Lipinski definition) is 1. The molecule has 5 heteroatoms. The van der Waals surface area contributed by atoms with E-state index in [9.17, 15) is 20.0 Å². The van der Waals surface area contributed by atoms with Crippen LogP contribution in [0, 0.1) is 17.0 Å². The molecule has 0 fully saturated rings. The van der Waals surface area contributed by atoms with E-state index in [4.69, 9.17) is 0 Å². The molecule has 21 heavy (non-hydrogen) atoms. The Balaban J connectivity index is 2.23. The van der Waals surface area contributed by atoms with Gasteiger partial charge in [0.1, 0.15) is 5.75 Å². The third kappa shape index (κ3) is 3.54. The van der Waals surface area contributed by atoms with E-state index in [-0.39, 0.29) is 17.2 Å². The summed E-state index contributed by atoms with van der Waals surface area (Å²) < 4.78 is 0. The van der Waals surface area contributed by atoms with E-state index < -0.39 is 4.92 Å². The fraction of sp³-hybridized carbons (Fsp3) is 0.0625. The Kier molecular flexibility index (Phi) is 4.13. The largest absolute Gasteiger partial charge is 0.508 e. The molecule has 0 spiro atoms. The summed E-state index contributed by atoms with van der Waals surface area (Å²) in [6, 6.07) is 10.8. The predicted molar refractivity (Wildman–Crippen MR) is 79.3 cm³/mol. The van der Waals surface area contributed by atoms with Gasteiger partial charge in [0.2, 0.25) is 0 Å². The van der Waals surface area contributed by atoms with Gasteiger partial charge < -0.3 is 5.11 Å². The van der Waals surface area contributed by atoms with Crippen LogP contribution in [0.5, 0.6) is 5.75 Å². The second-order valence-corrected chi connectivity index (χ2v) is 4.55. The zero-order chi connectivity index (χ0) is 15.4. The van der Waals surface area contributed by atoms with Gasteiger partial charge in [-0.15, -0.1) is 0 Å². The topological polar surface area (TPSA) is 80.4 Å². The molecule has 0 aliphatic carbocycles. The van der Waals surface area contributed by atoms with Gasteiger partial charge in [0, 0.05) is 17.2 Å². The molecule has 2 aromatic rings. The molecule has 0 saturated carbocycles. The van der Waals surface area contributed by atoms with Crippen molar-refractivity contribution in [2.75, 3.05) is 0 Å². The van der Waals surface area contributed by atoms with Crippen molar-refractivity contribution >= 4 is 17.5 Å². The molecule has 5 nitrogen and oxygen atoms in total. The number of aryl methyl sites for hydroxylation is 1. The van der Waals surface area contributed by atoms with Gasteiger partial charge in [-0.2, -0.15) is 0 Å². The number of ketones is 1. The Bertz CT molecular complexity index is 735. The number of nitrogens with zero attached hydrogens (tertiary/aromatic N) is 1. The molecule has 0 saturated heterocycles. The maximum Gasteiger partial charge on any atom is 0.272 e. The van der Waals surface area contributed by atoms with Crippen LogP contribution in [-0.4, -0.2) is 15.8 Å². The van der Waals surface area contributed by atoms with Crippen LogP contribution in [0.15, 0.2) is 48.5 Å². The van der Waals surface area contributed by atoms with Crippen molar-refractivity contribution in [3.8, 4) is 5.75 Å². The second kappa shape index (κ2) is 6.00. The maximum absolute atomic E-state index is 11.9. The lowest BCUT2D eigenvalue weighted by Crippen LogP contribution is -1.94. The van der Waals surface area contributed by atoms with Crippen LogP contribution in [0.25, 0.3) is 6.08 Å². The molecule has 0 aromatic heterocycles. The molecular formula is C16H13NO4. The molecule has 0 atom stereocenters. The van der Waals surface area contributed by atoms with E-state index in [1.807, 2.05) is 0 Å². The lowest BCUT2D eigenvalue weighted by molar-refractivity contribution is -0.385. The van der Waals surface area contributed by atoms with E-state index in [0.29, 0.717) is 16.7 Å². The van der Waals surface area contributed by atoms with Crippen molar-refractivity contribution in [2.24, 2.45) is 0 Å². The SMILES string of the molecule is Cc1ccc(/C=C/C(=O)c2cccc(O)c2)cc1[N+](=O)[O-].